The number of anilines is 2. The van der Waals surface area contributed by atoms with E-state index in [4.69, 9.17) is 14.6 Å². The maximum absolute atomic E-state index is 13.4. The average Bonchev–Trinajstić information content (AvgIpc) is 3.56. The van der Waals surface area contributed by atoms with Gasteiger partial charge in [0.2, 0.25) is 5.91 Å². The molecule has 8 nitrogen and oxygen atoms in total. The van der Waals surface area contributed by atoms with Crippen molar-refractivity contribution in [2.45, 2.75) is 12.8 Å². The molecule has 8 heteroatoms. The second kappa shape index (κ2) is 9.95. The van der Waals surface area contributed by atoms with Crippen molar-refractivity contribution in [3.8, 4) is 28.4 Å². The number of carbonyl (C=O) groups excluding carboxylic acids is 2. The first-order chi connectivity index (χ1) is 17.6. The van der Waals surface area contributed by atoms with Gasteiger partial charge in [0.25, 0.3) is 5.91 Å². The molecule has 2 heterocycles. The van der Waals surface area contributed by atoms with Crippen molar-refractivity contribution in [3.63, 3.8) is 0 Å². The maximum Gasteiger partial charge on any atom is 0.259 e. The van der Waals surface area contributed by atoms with Gasteiger partial charge in [-0.05, 0) is 61.0 Å². The molecule has 2 amide bonds. The monoisotopic (exact) mass is 482 g/mol. The van der Waals surface area contributed by atoms with E-state index < -0.39 is 0 Å². The van der Waals surface area contributed by atoms with E-state index in [0.29, 0.717) is 34.9 Å². The SMILES string of the molecule is COc1ccc(-c2nn(-c3ccccc3)cc2C(=O)Nc2ccc(N3CCCC3=O)cc2)cc1OC. The highest BCUT2D eigenvalue weighted by Crippen LogP contribution is 2.34. The van der Waals surface area contributed by atoms with E-state index in [-0.39, 0.29) is 11.8 Å². The molecule has 1 N–H and O–H groups in total. The van der Waals surface area contributed by atoms with Crippen molar-refractivity contribution in [1.29, 1.82) is 0 Å². The summed E-state index contributed by atoms with van der Waals surface area (Å²) in [6.45, 7) is 0.720. The van der Waals surface area contributed by atoms with Gasteiger partial charge in [0.05, 0.1) is 25.5 Å². The van der Waals surface area contributed by atoms with Gasteiger partial charge in [-0.3, -0.25) is 9.59 Å². The second-order valence-electron chi connectivity index (χ2n) is 8.39. The molecule has 36 heavy (non-hydrogen) atoms. The standard InChI is InChI=1S/C28H26N4O4/c1-35-24-15-10-19(17-25(24)36-2)27-23(18-32(30-27)22-7-4-3-5-8-22)28(34)29-20-11-13-21(14-12-20)31-16-6-9-26(31)33/h3-5,7-8,10-15,17-18H,6,9,16H2,1-2H3,(H,29,34). The molecule has 0 unspecified atom stereocenters. The smallest absolute Gasteiger partial charge is 0.259 e. The van der Waals surface area contributed by atoms with Crippen LogP contribution < -0.4 is 19.7 Å². The Bertz CT molecular complexity index is 1400. The molecular weight excluding hydrogens is 456 g/mol. The van der Waals surface area contributed by atoms with Crippen LogP contribution in [-0.4, -0.2) is 42.4 Å². The highest BCUT2D eigenvalue weighted by molar-refractivity contribution is 6.08. The van der Waals surface area contributed by atoms with Crippen LogP contribution in [0.15, 0.2) is 79.0 Å². The van der Waals surface area contributed by atoms with Crippen molar-refractivity contribution in [3.05, 3.63) is 84.6 Å². The molecule has 3 aromatic carbocycles. The van der Waals surface area contributed by atoms with Crippen LogP contribution in [0.25, 0.3) is 16.9 Å². The molecule has 1 fully saturated rings. The number of carbonyl (C=O) groups is 2. The van der Waals surface area contributed by atoms with E-state index >= 15 is 0 Å². The molecule has 5 rings (SSSR count). The number of para-hydroxylation sites is 1. The summed E-state index contributed by atoms with van der Waals surface area (Å²) in [5, 5.41) is 7.70. The summed E-state index contributed by atoms with van der Waals surface area (Å²) in [6, 6.07) is 22.3. The summed E-state index contributed by atoms with van der Waals surface area (Å²) in [7, 11) is 3.14. The lowest BCUT2D eigenvalue weighted by Gasteiger charge is -2.16. The Balaban J connectivity index is 1.48. The highest BCUT2D eigenvalue weighted by atomic mass is 16.5. The summed E-state index contributed by atoms with van der Waals surface area (Å²) < 4.78 is 12.5. The van der Waals surface area contributed by atoms with E-state index in [2.05, 4.69) is 5.32 Å². The number of benzene rings is 3. The van der Waals surface area contributed by atoms with E-state index in [1.54, 1.807) is 54.3 Å². The molecule has 1 aliphatic heterocycles. The third-order valence-electron chi connectivity index (χ3n) is 6.15. The number of nitrogens with one attached hydrogen (secondary N) is 1. The van der Waals surface area contributed by atoms with Crippen LogP contribution in [-0.2, 0) is 4.79 Å². The van der Waals surface area contributed by atoms with Gasteiger partial charge in [0.15, 0.2) is 11.5 Å². The van der Waals surface area contributed by atoms with Gasteiger partial charge in [-0.2, -0.15) is 5.10 Å². The quantitative estimate of drug-likeness (QED) is 0.404. The van der Waals surface area contributed by atoms with Gasteiger partial charge >= 0.3 is 0 Å². The predicted octanol–water partition coefficient (Wildman–Crippen LogP) is 4.94. The van der Waals surface area contributed by atoms with Crippen molar-refractivity contribution in [1.82, 2.24) is 9.78 Å². The zero-order valence-electron chi connectivity index (χ0n) is 20.1. The molecule has 0 radical (unpaired) electrons. The first-order valence-corrected chi connectivity index (χ1v) is 11.7. The molecule has 4 aromatic rings. The topological polar surface area (TPSA) is 85.7 Å². The minimum Gasteiger partial charge on any atom is -0.493 e. The molecule has 0 aliphatic carbocycles. The lowest BCUT2D eigenvalue weighted by Crippen LogP contribution is -2.23. The molecule has 0 atom stereocenters. The number of hydrogen-bond acceptors (Lipinski definition) is 5. The Morgan fingerprint density at radius 3 is 2.33 bits per heavy atom. The fourth-order valence-corrected chi connectivity index (χ4v) is 4.29. The first-order valence-electron chi connectivity index (χ1n) is 11.7. The van der Waals surface area contributed by atoms with Gasteiger partial charge < -0.3 is 19.7 Å². The van der Waals surface area contributed by atoms with Gasteiger partial charge in [-0.25, -0.2) is 4.68 Å². The van der Waals surface area contributed by atoms with Crippen LogP contribution in [0.2, 0.25) is 0 Å². The minimum absolute atomic E-state index is 0.125. The number of ether oxygens (including phenoxy) is 2. The Kier molecular flexibility index (Phi) is 6.40. The van der Waals surface area contributed by atoms with Crippen molar-refractivity contribution >= 4 is 23.2 Å². The molecule has 1 aliphatic rings. The third kappa shape index (κ3) is 4.53. The molecule has 0 bridgehead atoms. The first kappa shape index (κ1) is 23.2. The molecule has 1 saturated heterocycles. The predicted molar refractivity (Wildman–Crippen MR) is 138 cm³/mol. The Morgan fingerprint density at radius 1 is 0.917 bits per heavy atom. The summed E-state index contributed by atoms with van der Waals surface area (Å²) in [5.41, 5.74) is 3.93. The zero-order valence-corrected chi connectivity index (χ0v) is 20.1. The summed E-state index contributed by atoms with van der Waals surface area (Å²) in [4.78, 5) is 27.2. The van der Waals surface area contributed by atoms with E-state index in [1.807, 2.05) is 48.5 Å². The number of rotatable bonds is 7. The zero-order chi connectivity index (χ0) is 25.1. The Morgan fingerprint density at radius 2 is 1.67 bits per heavy atom. The molecule has 0 saturated carbocycles. The summed E-state index contributed by atoms with van der Waals surface area (Å²) in [5.74, 6) is 0.959. The highest BCUT2D eigenvalue weighted by Gasteiger charge is 2.23. The second-order valence-corrected chi connectivity index (χ2v) is 8.39. The normalized spacial score (nSPS) is 13.1. The fourth-order valence-electron chi connectivity index (χ4n) is 4.29. The fraction of sp³-hybridized carbons (Fsp3) is 0.179. The maximum atomic E-state index is 13.4. The van der Waals surface area contributed by atoms with Crippen LogP contribution in [0.4, 0.5) is 11.4 Å². The van der Waals surface area contributed by atoms with E-state index in [1.165, 1.54) is 0 Å². The van der Waals surface area contributed by atoms with Crippen molar-refractivity contribution in [2.75, 3.05) is 31.0 Å². The van der Waals surface area contributed by atoms with Crippen molar-refractivity contribution < 1.29 is 19.1 Å². The van der Waals surface area contributed by atoms with E-state index in [0.717, 1.165) is 29.9 Å². The van der Waals surface area contributed by atoms with Crippen LogP contribution in [0, 0.1) is 0 Å². The van der Waals surface area contributed by atoms with Crippen LogP contribution >= 0.6 is 0 Å². The minimum atomic E-state index is -0.299. The third-order valence-corrected chi connectivity index (χ3v) is 6.15. The number of nitrogens with zero attached hydrogens (tertiary/aromatic N) is 3. The number of aromatic nitrogens is 2. The summed E-state index contributed by atoms with van der Waals surface area (Å²) in [6.07, 6.45) is 3.15. The van der Waals surface area contributed by atoms with Gasteiger partial charge in [-0.15, -0.1) is 0 Å². The largest absolute Gasteiger partial charge is 0.493 e. The molecule has 182 valence electrons. The number of amides is 2. The Labute approximate surface area is 209 Å². The molecule has 0 spiro atoms. The van der Waals surface area contributed by atoms with Crippen LogP contribution in [0.3, 0.4) is 0 Å². The number of hydrogen-bond donors (Lipinski definition) is 1. The lowest BCUT2D eigenvalue weighted by atomic mass is 10.1. The van der Waals surface area contributed by atoms with Gasteiger partial charge in [0, 0.05) is 36.1 Å². The lowest BCUT2D eigenvalue weighted by molar-refractivity contribution is -0.117. The number of methoxy groups -OCH3 is 2. The van der Waals surface area contributed by atoms with Gasteiger partial charge in [-0.1, -0.05) is 18.2 Å². The van der Waals surface area contributed by atoms with Crippen LogP contribution in [0.1, 0.15) is 23.2 Å². The Hall–Kier alpha value is -4.59. The molecule has 1 aromatic heterocycles. The van der Waals surface area contributed by atoms with Crippen molar-refractivity contribution in [2.24, 2.45) is 0 Å². The van der Waals surface area contributed by atoms with E-state index in [9.17, 15) is 9.59 Å². The average molecular weight is 483 g/mol. The van der Waals surface area contributed by atoms with Crippen LogP contribution in [0.5, 0.6) is 11.5 Å². The summed E-state index contributed by atoms with van der Waals surface area (Å²) >= 11 is 0. The molecular formula is C28H26N4O4. The van der Waals surface area contributed by atoms with Gasteiger partial charge in [0.1, 0.15) is 5.69 Å².